The van der Waals surface area contributed by atoms with Crippen molar-refractivity contribution < 1.29 is 26.8 Å². The first-order valence-corrected chi connectivity index (χ1v) is 10.7. The fourth-order valence-electron chi connectivity index (χ4n) is 3.65. The molecule has 0 spiro atoms. The number of carbonyl (C=O) groups excluding carboxylic acids is 2. The summed E-state index contributed by atoms with van der Waals surface area (Å²) in [6.07, 6.45) is 2.94. The molecular formula is C18H22F2N2O4S. The maximum atomic E-state index is 13.8. The lowest BCUT2D eigenvalue weighted by molar-refractivity contribution is -0.129. The van der Waals surface area contributed by atoms with Crippen molar-refractivity contribution in [2.24, 2.45) is 0 Å². The highest BCUT2D eigenvalue weighted by molar-refractivity contribution is 7.92. The van der Waals surface area contributed by atoms with Gasteiger partial charge in [-0.15, -0.1) is 0 Å². The molecule has 2 fully saturated rings. The molecule has 3 rings (SSSR count). The fourth-order valence-corrected chi connectivity index (χ4v) is 5.46. The number of nitrogens with zero attached hydrogens (tertiary/aromatic N) is 2. The van der Waals surface area contributed by atoms with Crippen LogP contribution in [0.4, 0.5) is 8.78 Å². The maximum Gasteiger partial charge on any atom is 0.259 e. The summed E-state index contributed by atoms with van der Waals surface area (Å²) in [5.74, 6) is -3.63. The molecule has 1 saturated heterocycles. The molecule has 27 heavy (non-hydrogen) atoms. The van der Waals surface area contributed by atoms with Gasteiger partial charge >= 0.3 is 0 Å². The lowest BCUT2D eigenvalue weighted by atomic mass is 10.1. The SMILES string of the molecule is O=C(CS(=O)(=O)C1CCCC1)N1CCN(C(=O)c2c(F)cccc2F)CC1. The Hall–Kier alpha value is -2.03. The summed E-state index contributed by atoms with van der Waals surface area (Å²) in [7, 11) is -3.46. The number of rotatable bonds is 4. The molecule has 1 aliphatic heterocycles. The van der Waals surface area contributed by atoms with Gasteiger partial charge in [-0.1, -0.05) is 18.9 Å². The Bertz CT molecular complexity index is 810. The zero-order valence-electron chi connectivity index (χ0n) is 14.9. The highest BCUT2D eigenvalue weighted by Gasteiger charge is 2.34. The molecule has 6 nitrogen and oxygen atoms in total. The van der Waals surface area contributed by atoms with Gasteiger partial charge in [-0.3, -0.25) is 9.59 Å². The summed E-state index contributed by atoms with van der Waals surface area (Å²) in [6.45, 7) is 0.477. The van der Waals surface area contributed by atoms with E-state index in [9.17, 15) is 26.8 Å². The third-order valence-electron chi connectivity index (χ3n) is 5.23. The number of hydrogen-bond acceptors (Lipinski definition) is 4. The van der Waals surface area contributed by atoms with Crippen LogP contribution in [-0.2, 0) is 14.6 Å². The molecular weight excluding hydrogens is 378 g/mol. The van der Waals surface area contributed by atoms with Crippen LogP contribution in [0.3, 0.4) is 0 Å². The zero-order chi connectivity index (χ0) is 19.6. The summed E-state index contributed by atoms with van der Waals surface area (Å²) in [5, 5.41) is -0.437. The molecule has 148 valence electrons. The second kappa shape index (κ2) is 7.92. The molecule has 1 aromatic carbocycles. The minimum Gasteiger partial charge on any atom is -0.338 e. The van der Waals surface area contributed by atoms with Gasteiger partial charge in [-0.25, -0.2) is 17.2 Å². The summed E-state index contributed by atoms with van der Waals surface area (Å²) in [6, 6.07) is 3.22. The molecule has 0 bridgehead atoms. The number of benzene rings is 1. The van der Waals surface area contributed by atoms with Gasteiger partial charge in [0.05, 0.1) is 5.25 Å². The predicted octanol–water partition coefficient (Wildman–Crippen LogP) is 1.61. The third-order valence-corrected chi connectivity index (χ3v) is 7.37. The molecule has 1 aromatic rings. The van der Waals surface area contributed by atoms with Crippen molar-refractivity contribution in [3.8, 4) is 0 Å². The maximum absolute atomic E-state index is 13.8. The molecule has 1 aliphatic carbocycles. The van der Waals surface area contributed by atoms with E-state index in [2.05, 4.69) is 0 Å². The molecule has 0 N–H and O–H groups in total. The van der Waals surface area contributed by atoms with E-state index in [1.165, 1.54) is 15.9 Å². The van der Waals surface area contributed by atoms with Crippen LogP contribution >= 0.6 is 0 Å². The first-order valence-electron chi connectivity index (χ1n) is 9.02. The topological polar surface area (TPSA) is 74.8 Å². The summed E-state index contributed by atoms with van der Waals surface area (Å²) < 4.78 is 52.2. The lowest BCUT2D eigenvalue weighted by Crippen LogP contribution is -2.52. The molecule has 0 atom stereocenters. The van der Waals surface area contributed by atoms with E-state index in [1.54, 1.807) is 0 Å². The van der Waals surface area contributed by atoms with Gasteiger partial charge in [0, 0.05) is 26.2 Å². The van der Waals surface area contributed by atoms with Crippen LogP contribution in [0.1, 0.15) is 36.0 Å². The van der Waals surface area contributed by atoms with E-state index in [0.29, 0.717) is 12.8 Å². The third kappa shape index (κ3) is 4.28. The first kappa shape index (κ1) is 19.7. The van der Waals surface area contributed by atoms with E-state index < -0.39 is 49.9 Å². The molecule has 2 aliphatic rings. The summed E-state index contributed by atoms with van der Waals surface area (Å²) in [5.41, 5.74) is -0.610. The summed E-state index contributed by atoms with van der Waals surface area (Å²) >= 11 is 0. The number of carbonyl (C=O) groups is 2. The van der Waals surface area contributed by atoms with Crippen LogP contribution in [0.25, 0.3) is 0 Å². The largest absolute Gasteiger partial charge is 0.338 e. The van der Waals surface area contributed by atoms with Crippen LogP contribution in [0.15, 0.2) is 18.2 Å². The lowest BCUT2D eigenvalue weighted by Gasteiger charge is -2.35. The average molecular weight is 400 g/mol. The van der Waals surface area contributed by atoms with Crippen LogP contribution < -0.4 is 0 Å². The fraction of sp³-hybridized carbons (Fsp3) is 0.556. The van der Waals surface area contributed by atoms with Crippen molar-refractivity contribution in [2.75, 3.05) is 31.9 Å². The Morgan fingerprint density at radius 2 is 1.48 bits per heavy atom. The van der Waals surface area contributed by atoms with Crippen molar-refractivity contribution in [3.05, 3.63) is 35.4 Å². The smallest absolute Gasteiger partial charge is 0.259 e. The van der Waals surface area contributed by atoms with Crippen LogP contribution in [0.5, 0.6) is 0 Å². The molecule has 2 amide bonds. The van der Waals surface area contributed by atoms with Gasteiger partial charge in [-0.05, 0) is 25.0 Å². The minimum absolute atomic E-state index is 0.0990. The van der Waals surface area contributed by atoms with E-state index in [1.807, 2.05) is 0 Å². The molecule has 1 saturated carbocycles. The van der Waals surface area contributed by atoms with Crippen molar-refractivity contribution in [1.82, 2.24) is 9.80 Å². The average Bonchev–Trinajstić information content (AvgIpc) is 3.17. The first-order chi connectivity index (χ1) is 12.8. The van der Waals surface area contributed by atoms with Crippen molar-refractivity contribution >= 4 is 21.7 Å². The quantitative estimate of drug-likeness (QED) is 0.770. The van der Waals surface area contributed by atoms with Crippen LogP contribution in [0, 0.1) is 11.6 Å². The van der Waals surface area contributed by atoms with Gasteiger partial charge in [-0.2, -0.15) is 0 Å². The van der Waals surface area contributed by atoms with E-state index in [-0.39, 0.29) is 26.2 Å². The van der Waals surface area contributed by atoms with Gasteiger partial charge in [0.1, 0.15) is 23.0 Å². The monoisotopic (exact) mass is 400 g/mol. The molecule has 0 aromatic heterocycles. The molecule has 1 heterocycles. The second-order valence-corrected chi connectivity index (χ2v) is 9.26. The summed E-state index contributed by atoms with van der Waals surface area (Å²) in [4.78, 5) is 27.4. The Labute approximate surface area is 157 Å². The van der Waals surface area contributed by atoms with E-state index >= 15 is 0 Å². The Morgan fingerprint density at radius 1 is 0.963 bits per heavy atom. The van der Waals surface area contributed by atoms with Crippen molar-refractivity contribution in [3.63, 3.8) is 0 Å². The zero-order valence-corrected chi connectivity index (χ0v) is 15.7. The highest BCUT2D eigenvalue weighted by Crippen LogP contribution is 2.25. The van der Waals surface area contributed by atoms with Gasteiger partial charge < -0.3 is 9.80 Å². The number of hydrogen-bond donors (Lipinski definition) is 0. The van der Waals surface area contributed by atoms with E-state index in [4.69, 9.17) is 0 Å². The van der Waals surface area contributed by atoms with Gasteiger partial charge in [0.15, 0.2) is 9.84 Å². The molecule has 0 unspecified atom stereocenters. The highest BCUT2D eigenvalue weighted by atomic mass is 32.2. The second-order valence-electron chi connectivity index (χ2n) is 6.98. The Kier molecular flexibility index (Phi) is 5.78. The minimum atomic E-state index is -3.46. The number of piperazine rings is 1. The van der Waals surface area contributed by atoms with Crippen LogP contribution in [-0.4, -0.2) is 67.2 Å². The standard InChI is InChI=1S/C18H22F2N2O4S/c19-14-6-3-7-15(20)17(14)18(24)22-10-8-21(9-11-22)16(23)12-27(25,26)13-4-1-2-5-13/h3,6-7,13H,1-2,4-5,8-12H2. The molecule has 9 heteroatoms. The van der Waals surface area contributed by atoms with Crippen molar-refractivity contribution in [1.29, 1.82) is 0 Å². The molecule has 0 radical (unpaired) electrons. The van der Waals surface area contributed by atoms with Gasteiger partial charge in [0.2, 0.25) is 5.91 Å². The number of amides is 2. The van der Waals surface area contributed by atoms with Crippen LogP contribution in [0.2, 0.25) is 0 Å². The van der Waals surface area contributed by atoms with Gasteiger partial charge in [0.25, 0.3) is 5.91 Å². The predicted molar refractivity (Wildman–Crippen MR) is 94.9 cm³/mol. The Morgan fingerprint density at radius 3 is 2.04 bits per heavy atom. The normalized spacial score (nSPS) is 18.7. The number of halogens is 2. The Balaban J connectivity index is 1.58. The van der Waals surface area contributed by atoms with E-state index in [0.717, 1.165) is 25.0 Å². The van der Waals surface area contributed by atoms with Crippen molar-refractivity contribution in [2.45, 2.75) is 30.9 Å². The number of sulfone groups is 1.